The van der Waals surface area contributed by atoms with Gasteiger partial charge in [0.2, 0.25) is 5.88 Å². The molecule has 0 amide bonds. The van der Waals surface area contributed by atoms with E-state index in [4.69, 9.17) is 4.74 Å². The zero-order valence-electron chi connectivity index (χ0n) is 8.88. The van der Waals surface area contributed by atoms with Crippen molar-refractivity contribution in [3.63, 3.8) is 0 Å². The van der Waals surface area contributed by atoms with Gasteiger partial charge in [-0.25, -0.2) is 13.4 Å². The Morgan fingerprint density at radius 2 is 1.93 bits per heavy atom. The van der Waals surface area contributed by atoms with Crippen LogP contribution in [0, 0.1) is 0 Å². The second kappa shape index (κ2) is 5.06. The normalized spacial score (nSPS) is 14.9. The fourth-order valence-electron chi connectivity index (χ4n) is 1.10. The SMILES string of the molecule is COc1cnc([C@@H](C)[C@H](C)[SH](=O)=O)cn1. The lowest BCUT2D eigenvalue weighted by molar-refractivity contribution is 0.394. The van der Waals surface area contributed by atoms with Crippen LogP contribution in [-0.2, 0) is 10.7 Å². The summed E-state index contributed by atoms with van der Waals surface area (Å²) in [6.45, 7) is 3.47. The fraction of sp³-hybridized carbons (Fsp3) is 0.556. The molecule has 1 aromatic heterocycles. The van der Waals surface area contributed by atoms with Gasteiger partial charge < -0.3 is 4.74 Å². The van der Waals surface area contributed by atoms with Gasteiger partial charge in [0, 0.05) is 5.92 Å². The van der Waals surface area contributed by atoms with Gasteiger partial charge in [-0.15, -0.1) is 0 Å². The van der Waals surface area contributed by atoms with Crippen LogP contribution in [0.3, 0.4) is 0 Å². The molecule has 1 aromatic rings. The molecule has 1 heterocycles. The zero-order valence-corrected chi connectivity index (χ0v) is 9.77. The Labute approximate surface area is 90.5 Å². The first-order valence-corrected chi connectivity index (χ1v) is 5.80. The topological polar surface area (TPSA) is 69.2 Å². The molecule has 6 heteroatoms. The smallest absolute Gasteiger partial charge is 0.231 e. The summed E-state index contributed by atoms with van der Waals surface area (Å²) in [5, 5.41) is -0.442. The van der Waals surface area contributed by atoms with E-state index in [9.17, 15) is 8.42 Å². The highest BCUT2D eigenvalue weighted by atomic mass is 32.2. The van der Waals surface area contributed by atoms with Gasteiger partial charge >= 0.3 is 0 Å². The summed E-state index contributed by atoms with van der Waals surface area (Å²) in [6, 6.07) is 0. The fourth-order valence-corrected chi connectivity index (χ4v) is 1.61. The third kappa shape index (κ3) is 2.89. The van der Waals surface area contributed by atoms with E-state index >= 15 is 0 Å². The zero-order chi connectivity index (χ0) is 11.4. The number of ether oxygens (including phenoxy) is 1. The molecule has 0 unspecified atom stereocenters. The number of methoxy groups -OCH3 is 1. The van der Waals surface area contributed by atoms with Crippen LogP contribution < -0.4 is 4.74 Å². The Hall–Kier alpha value is -1.17. The predicted octanol–water partition coefficient (Wildman–Crippen LogP) is 0.589. The van der Waals surface area contributed by atoms with Crippen molar-refractivity contribution < 1.29 is 13.2 Å². The van der Waals surface area contributed by atoms with Gasteiger partial charge in [-0.2, -0.15) is 0 Å². The lowest BCUT2D eigenvalue weighted by atomic mass is 10.1. The van der Waals surface area contributed by atoms with E-state index in [2.05, 4.69) is 9.97 Å². The second-order valence-corrected chi connectivity index (χ2v) is 4.68. The van der Waals surface area contributed by atoms with E-state index in [0.29, 0.717) is 11.6 Å². The summed E-state index contributed by atoms with van der Waals surface area (Å²) in [4.78, 5) is 8.08. The minimum Gasteiger partial charge on any atom is -0.480 e. The molecule has 0 aliphatic rings. The molecule has 0 aliphatic carbocycles. The molecule has 0 aliphatic heterocycles. The number of thiol groups is 1. The van der Waals surface area contributed by atoms with E-state index in [-0.39, 0.29) is 5.92 Å². The maximum Gasteiger partial charge on any atom is 0.231 e. The summed E-state index contributed by atoms with van der Waals surface area (Å²) in [5.74, 6) is 0.259. The van der Waals surface area contributed by atoms with Crippen molar-refractivity contribution >= 4 is 10.7 Å². The molecule has 0 spiro atoms. The molecule has 0 bridgehead atoms. The van der Waals surface area contributed by atoms with E-state index in [1.165, 1.54) is 13.3 Å². The van der Waals surface area contributed by atoms with Crippen molar-refractivity contribution in [3.05, 3.63) is 18.1 Å². The number of rotatable bonds is 4. The molecule has 0 saturated heterocycles. The lowest BCUT2D eigenvalue weighted by Crippen LogP contribution is -2.15. The Balaban J connectivity index is 2.87. The van der Waals surface area contributed by atoms with Gasteiger partial charge in [0.05, 0.1) is 30.4 Å². The van der Waals surface area contributed by atoms with Gasteiger partial charge in [0.25, 0.3) is 0 Å². The first kappa shape index (κ1) is 11.9. The van der Waals surface area contributed by atoms with Crippen LogP contribution in [0.2, 0.25) is 0 Å². The standard InChI is InChI=1S/C9H14N2O3S/c1-6(7(2)15(12)13)8-4-11-9(14-3)5-10-8/h4-7,15H,1-3H3/t6-,7-/m0/s1. The molecule has 0 radical (unpaired) electrons. The molecule has 0 fully saturated rings. The Bertz CT molecular complexity index is 381. The minimum absolute atomic E-state index is 0.162. The summed E-state index contributed by atoms with van der Waals surface area (Å²) in [7, 11) is -0.931. The Morgan fingerprint density at radius 1 is 1.27 bits per heavy atom. The minimum atomic E-state index is -2.44. The largest absolute Gasteiger partial charge is 0.480 e. The summed E-state index contributed by atoms with van der Waals surface area (Å²) in [6.07, 6.45) is 3.02. The molecule has 0 saturated carbocycles. The maximum absolute atomic E-state index is 10.8. The summed E-state index contributed by atoms with van der Waals surface area (Å²) in [5.41, 5.74) is 0.655. The number of nitrogens with zero attached hydrogens (tertiary/aromatic N) is 2. The van der Waals surface area contributed by atoms with Crippen molar-refractivity contribution in [3.8, 4) is 5.88 Å². The molecule has 0 N–H and O–H groups in total. The molecular formula is C9H14N2O3S. The molecule has 2 atom stereocenters. The molecule has 0 aromatic carbocycles. The summed E-state index contributed by atoms with van der Waals surface area (Å²) >= 11 is 0. The highest BCUT2D eigenvalue weighted by molar-refractivity contribution is 7.73. The molecule has 1 rings (SSSR count). The third-order valence-electron chi connectivity index (χ3n) is 2.38. The molecule has 5 nitrogen and oxygen atoms in total. The van der Waals surface area contributed by atoms with Crippen molar-refractivity contribution in [1.82, 2.24) is 9.97 Å². The van der Waals surface area contributed by atoms with Gasteiger partial charge in [0.15, 0.2) is 0 Å². The van der Waals surface area contributed by atoms with Crippen molar-refractivity contribution in [2.24, 2.45) is 0 Å². The van der Waals surface area contributed by atoms with Gasteiger partial charge in [-0.1, -0.05) is 6.92 Å². The second-order valence-electron chi connectivity index (χ2n) is 3.30. The van der Waals surface area contributed by atoms with Crippen LogP contribution >= 0.6 is 0 Å². The summed E-state index contributed by atoms with van der Waals surface area (Å²) < 4.78 is 26.5. The van der Waals surface area contributed by atoms with E-state index in [1.807, 2.05) is 6.92 Å². The lowest BCUT2D eigenvalue weighted by Gasteiger charge is -2.13. The molecule has 84 valence electrons. The highest BCUT2D eigenvalue weighted by Gasteiger charge is 2.18. The van der Waals surface area contributed by atoms with Crippen LogP contribution in [0.1, 0.15) is 25.5 Å². The van der Waals surface area contributed by atoms with Gasteiger partial charge in [0.1, 0.15) is 10.7 Å². The Morgan fingerprint density at radius 3 is 2.33 bits per heavy atom. The Kier molecular flexibility index (Phi) is 4.02. The monoisotopic (exact) mass is 230 g/mol. The average molecular weight is 230 g/mol. The maximum atomic E-state index is 10.8. The van der Waals surface area contributed by atoms with Crippen LogP contribution in [0.5, 0.6) is 5.88 Å². The first-order valence-electron chi connectivity index (χ1n) is 4.55. The van der Waals surface area contributed by atoms with Gasteiger partial charge in [-0.3, -0.25) is 4.98 Å². The van der Waals surface area contributed by atoms with E-state index in [0.717, 1.165) is 0 Å². The van der Waals surface area contributed by atoms with Crippen LogP contribution in [0.25, 0.3) is 0 Å². The quantitative estimate of drug-likeness (QED) is 0.767. The van der Waals surface area contributed by atoms with Crippen LogP contribution in [0.15, 0.2) is 12.4 Å². The van der Waals surface area contributed by atoms with E-state index < -0.39 is 16.0 Å². The first-order chi connectivity index (χ1) is 7.06. The average Bonchev–Trinajstić information content (AvgIpc) is 2.27. The highest BCUT2D eigenvalue weighted by Crippen LogP contribution is 2.19. The third-order valence-corrected chi connectivity index (χ3v) is 3.49. The van der Waals surface area contributed by atoms with Crippen LogP contribution in [0.4, 0.5) is 0 Å². The predicted molar refractivity (Wildman–Crippen MR) is 56.8 cm³/mol. The van der Waals surface area contributed by atoms with Gasteiger partial charge in [-0.05, 0) is 6.92 Å². The number of hydrogen-bond acceptors (Lipinski definition) is 5. The number of hydrogen-bond donors (Lipinski definition) is 1. The van der Waals surface area contributed by atoms with Crippen molar-refractivity contribution in [1.29, 1.82) is 0 Å². The van der Waals surface area contributed by atoms with Crippen LogP contribution in [-0.4, -0.2) is 30.7 Å². The molecule has 15 heavy (non-hydrogen) atoms. The van der Waals surface area contributed by atoms with Crippen molar-refractivity contribution in [2.75, 3.05) is 7.11 Å². The van der Waals surface area contributed by atoms with E-state index in [1.54, 1.807) is 13.1 Å². The number of aromatic nitrogens is 2. The van der Waals surface area contributed by atoms with Crippen molar-refractivity contribution in [2.45, 2.75) is 25.0 Å². The molecular weight excluding hydrogens is 216 g/mol.